The quantitative estimate of drug-likeness (QED) is 0.584. The standard InChI is InChI=1S/C24H23N5O4S/c1-13-9-15(14-5-3-4-6-19(14)33-2)16(10-25-13)22(31)28-24-27-18-11-29(12-20(18)34-24)23(32)17-7-8-21(30)26-17/h3-6,9-10,17H,7-8,11-12H2,1-2H3,(H,26,30)(H,27,28,31)/t17-/m1/s1. The molecule has 0 spiro atoms. The van der Waals surface area contributed by atoms with Crippen LogP contribution >= 0.6 is 11.3 Å². The molecule has 174 valence electrons. The highest BCUT2D eigenvalue weighted by Crippen LogP contribution is 2.35. The largest absolute Gasteiger partial charge is 0.496 e. The molecule has 10 heteroatoms. The number of carbonyl (C=O) groups excluding carboxylic acids is 3. The molecular formula is C24H23N5O4S. The second kappa shape index (κ2) is 8.86. The Balaban J connectivity index is 1.33. The Kier molecular flexibility index (Phi) is 5.74. The van der Waals surface area contributed by atoms with Crippen molar-refractivity contribution >= 4 is 34.2 Å². The Labute approximate surface area is 200 Å². The average molecular weight is 478 g/mol. The maximum atomic E-state index is 13.2. The van der Waals surface area contributed by atoms with Gasteiger partial charge in [0.05, 0.1) is 36.3 Å². The van der Waals surface area contributed by atoms with E-state index in [2.05, 4.69) is 20.6 Å². The van der Waals surface area contributed by atoms with E-state index in [1.54, 1.807) is 18.2 Å². The number of hydrogen-bond acceptors (Lipinski definition) is 7. The van der Waals surface area contributed by atoms with Gasteiger partial charge in [-0.25, -0.2) is 4.98 Å². The third kappa shape index (κ3) is 4.12. The third-order valence-corrected chi connectivity index (χ3v) is 6.96. The molecule has 1 fully saturated rings. The van der Waals surface area contributed by atoms with Crippen LogP contribution in [0.2, 0.25) is 0 Å². The van der Waals surface area contributed by atoms with Crippen LogP contribution in [0.25, 0.3) is 11.1 Å². The first-order chi connectivity index (χ1) is 16.4. The van der Waals surface area contributed by atoms with Gasteiger partial charge >= 0.3 is 0 Å². The summed E-state index contributed by atoms with van der Waals surface area (Å²) in [5.74, 6) is 0.170. The number of aromatic nitrogens is 2. The molecule has 1 aromatic carbocycles. The van der Waals surface area contributed by atoms with Crippen LogP contribution in [0.3, 0.4) is 0 Å². The molecule has 0 unspecified atom stereocenters. The van der Waals surface area contributed by atoms with Gasteiger partial charge in [0, 0.05) is 29.4 Å². The molecule has 5 rings (SSSR count). The van der Waals surface area contributed by atoms with Crippen LogP contribution in [0, 0.1) is 6.92 Å². The first-order valence-electron chi connectivity index (χ1n) is 10.9. The molecule has 0 radical (unpaired) electrons. The lowest BCUT2D eigenvalue weighted by atomic mass is 9.99. The number of amides is 3. The molecule has 3 aromatic rings. The second-order valence-corrected chi connectivity index (χ2v) is 9.35. The first-order valence-corrected chi connectivity index (χ1v) is 11.7. The smallest absolute Gasteiger partial charge is 0.259 e. The zero-order valence-electron chi connectivity index (χ0n) is 18.8. The number of rotatable bonds is 5. The number of aryl methyl sites for hydroxylation is 1. The van der Waals surface area contributed by atoms with Crippen LogP contribution in [0.5, 0.6) is 5.75 Å². The molecule has 4 heterocycles. The molecule has 2 aliphatic rings. The van der Waals surface area contributed by atoms with Gasteiger partial charge in [-0.2, -0.15) is 0 Å². The van der Waals surface area contributed by atoms with Gasteiger partial charge in [0.2, 0.25) is 11.8 Å². The van der Waals surface area contributed by atoms with Gasteiger partial charge in [-0.05, 0) is 25.5 Å². The highest BCUT2D eigenvalue weighted by Gasteiger charge is 2.35. The molecule has 1 atom stereocenters. The number of fused-ring (bicyclic) bond motifs is 1. The number of nitrogens with zero attached hydrogens (tertiary/aromatic N) is 3. The second-order valence-electron chi connectivity index (χ2n) is 8.27. The van der Waals surface area contributed by atoms with Crippen LogP contribution in [0.15, 0.2) is 36.5 Å². The number of nitrogens with one attached hydrogen (secondary N) is 2. The number of carbonyl (C=O) groups is 3. The minimum Gasteiger partial charge on any atom is -0.496 e. The zero-order chi connectivity index (χ0) is 23.8. The number of ether oxygens (including phenoxy) is 1. The molecule has 2 N–H and O–H groups in total. The van der Waals surface area contributed by atoms with Crippen LogP contribution in [-0.2, 0) is 22.7 Å². The van der Waals surface area contributed by atoms with Gasteiger partial charge in [0.1, 0.15) is 11.8 Å². The fourth-order valence-corrected chi connectivity index (χ4v) is 5.25. The lowest BCUT2D eigenvalue weighted by Gasteiger charge is -2.19. The molecule has 9 nitrogen and oxygen atoms in total. The molecule has 34 heavy (non-hydrogen) atoms. The van der Waals surface area contributed by atoms with Crippen molar-refractivity contribution in [1.82, 2.24) is 20.2 Å². The summed E-state index contributed by atoms with van der Waals surface area (Å²) < 4.78 is 5.49. The molecule has 2 aromatic heterocycles. The van der Waals surface area contributed by atoms with Crippen molar-refractivity contribution in [2.75, 3.05) is 12.4 Å². The van der Waals surface area contributed by atoms with Gasteiger partial charge < -0.3 is 15.0 Å². The molecule has 0 bridgehead atoms. The predicted molar refractivity (Wildman–Crippen MR) is 126 cm³/mol. The van der Waals surface area contributed by atoms with E-state index in [9.17, 15) is 14.4 Å². The Bertz CT molecular complexity index is 1280. The zero-order valence-corrected chi connectivity index (χ0v) is 19.6. The Morgan fingerprint density at radius 2 is 2.06 bits per heavy atom. The molecule has 0 saturated carbocycles. The molecule has 3 amide bonds. The summed E-state index contributed by atoms with van der Waals surface area (Å²) in [5.41, 5.74) is 3.50. The topological polar surface area (TPSA) is 114 Å². The van der Waals surface area contributed by atoms with Crippen molar-refractivity contribution < 1.29 is 19.1 Å². The SMILES string of the molecule is COc1ccccc1-c1cc(C)ncc1C(=O)Nc1nc2c(s1)CN(C(=O)[C@H]1CCC(=O)N1)C2. The number of para-hydroxylation sites is 1. The van der Waals surface area contributed by atoms with Gasteiger partial charge in [0.25, 0.3) is 5.91 Å². The Hall–Kier alpha value is -3.79. The third-order valence-electron chi connectivity index (χ3n) is 5.96. The van der Waals surface area contributed by atoms with Crippen molar-refractivity contribution in [2.24, 2.45) is 0 Å². The number of methoxy groups -OCH3 is 1. The molecular weight excluding hydrogens is 454 g/mol. The fourth-order valence-electron chi connectivity index (χ4n) is 4.26. The van der Waals surface area contributed by atoms with E-state index in [1.807, 2.05) is 37.3 Å². The molecule has 1 saturated heterocycles. The van der Waals surface area contributed by atoms with Gasteiger partial charge in [-0.1, -0.05) is 29.5 Å². The van der Waals surface area contributed by atoms with Crippen molar-refractivity contribution in [2.45, 2.75) is 38.9 Å². The number of thiazole rings is 1. The minimum absolute atomic E-state index is 0.0891. The Morgan fingerprint density at radius 3 is 2.79 bits per heavy atom. The number of pyridine rings is 1. The summed E-state index contributed by atoms with van der Waals surface area (Å²) in [6, 6.07) is 8.93. The number of anilines is 1. The summed E-state index contributed by atoms with van der Waals surface area (Å²) in [4.78, 5) is 48.8. The maximum absolute atomic E-state index is 13.2. The number of benzene rings is 1. The van der Waals surface area contributed by atoms with E-state index in [4.69, 9.17) is 4.74 Å². The molecule has 0 aliphatic carbocycles. The monoisotopic (exact) mass is 477 g/mol. The van der Waals surface area contributed by atoms with Crippen molar-refractivity contribution in [3.63, 3.8) is 0 Å². The van der Waals surface area contributed by atoms with E-state index in [1.165, 1.54) is 11.3 Å². The van der Waals surface area contributed by atoms with Crippen molar-refractivity contribution in [3.05, 3.63) is 58.4 Å². The van der Waals surface area contributed by atoms with Crippen LogP contribution in [0.1, 0.15) is 39.5 Å². The van der Waals surface area contributed by atoms with Crippen molar-refractivity contribution in [3.8, 4) is 16.9 Å². The fraction of sp³-hybridized carbons (Fsp3) is 0.292. The van der Waals surface area contributed by atoms with E-state index in [0.29, 0.717) is 42.4 Å². The summed E-state index contributed by atoms with van der Waals surface area (Å²) in [7, 11) is 1.60. The normalized spacial score (nSPS) is 16.8. The van der Waals surface area contributed by atoms with E-state index >= 15 is 0 Å². The lowest BCUT2D eigenvalue weighted by Crippen LogP contribution is -2.42. The Morgan fingerprint density at radius 1 is 1.24 bits per heavy atom. The lowest BCUT2D eigenvalue weighted by molar-refractivity contribution is -0.134. The predicted octanol–water partition coefficient (Wildman–Crippen LogP) is 2.90. The molecule has 2 aliphatic heterocycles. The van der Waals surface area contributed by atoms with Crippen LogP contribution in [0.4, 0.5) is 5.13 Å². The highest BCUT2D eigenvalue weighted by atomic mass is 32.1. The first kappa shape index (κ1) is 22.0. The maximum Gasteiger partial charge on any atom is 0.259 e. The van der Waals surface area contributed by atoms with E-state index < -0.39 is 6.04 Å². The van der Waals surface area contributed by atoms with Gasteiger partial charge in [-0.15, -0.1) is 0 Å². The minimum atomic E-state index is -0.455. The van der Waals surface area contributed by atoms with Crippen LogP contribution in [-0.4, -0.2) is 45.7 Å². The van der Waals surface area contributed by atoms with Crippen LogP contribution < -0.4 is 15.4 Å². The summed E-state index contributed by atoms with van der Waals surface area (Å²) in [5, 5.41) is 6.08. The highest BCUT2D eigenvalue weighted by molar-refractivity contribution is 7.16. The van der Waals surface area contributed by atoms with E-state index in [0.717, 1.165) is 27.4 Å². The summed E-state index contributed by atoms with van der Waals surface area (Å²) >= 11 is 1.35. The summed E-state index contributed by atoms with van der Waals surface area (Å²) in [6.07, 6.45) is 2.46. The van der Waals surface area contributed by atoms with E-state index in [-0.39, 0.29) is 17.7 Å². The average Bonchev–Trinajstić information content (AvgIpc) is 3.53. The summed E-state index contributed by atoms with van der Waals surface area (Å²) in [6.45, 7) is 2.66. The van der Waals surface area contributed by atoms with Gasteiger partial charge in [-0.3, -0.25) is 24.7 Å². The van der Waals surface area contributed by atoms with Crippen molar-refractivity contribution in [1.29, 1.82) is 0 Å². The van der Waals surface area contributed by atoms with Gasteiger partial charge in [0.15, 0.2) is 5.13 Å². The number of hydrogen-bond donors (Lipinski definition) is 2.